The summed E-state index contributed by atoms with van der Waals surface area (Å²) in [6, 6.07) is 0.116. The molecule has 1 aliphatic carbocycles. The average Bonchev–Trinajstić information content (AvgIpc) is 2.98. The van der Waals surface area contributed by atoms with Crippen LogP contribution in [0.5, 0.6) is 0 Å². The molecule has 18 heavy (non-hydrogen) atoms. The number of hydrogen-bond acceptors (Lipinski definition) is 5. The first kappa shape index (κ1) is 12.5. The van der Waals surface area contributed by atoms with Gasteiger partial charge < -0.3 is 14.9 Å². The Morgan fingerprint density at radius 2 is 2.28 bits per heavy atom. The van der Waals surface area contributed by atoms with Crippen LogP contribution >= 0.6 is 0 Å². The number of rotatable bonds is 4. The quantitative estimate of drug-likeness (QED) is 0.465. The van der Waals surface area contributed by atoms with Gasteiger partial charge in [-0.3, -0.25) is 4.57 Å². The first-order valence-electron chi connectivity index (χ1n) is 6.04. The van der Waals surface area contributed by atoms with Crippen molar-refractivity contribution in [2.24, 2.45) is 0 Å². The highest BCUT2D eigenvalue weighted by atomic mass is 16.6. The molecule has 0 aliphatic heterocycles. The summed E-state index contributed by atoms with van der Waals surface area (Å²) in [6.07, 6.45) is 5.31. The molecule has 1 fully saturated rings. The molecule has 0 saturated heterocycles. The monoisotopic (exact) mass is 253 g/mol. The van der Waals surface area contributed by atoms with Gasteiger partial charge in [-0.15, -0.1) is 0 Å². The third kappa shape index (κ3) is 2.34. The first-order valence-corrected chi connectivity index (χ1v) is 6.04. The van der Waals surface area contributed by atoms with Gasteiger partial charge in [0.1, 0.15) is 6.20 Å². The second-order valence-corrected chi connectivity index (χ2v) is 4.25. The molecule has 1 saturated carbocycles. The van der Waals surface area contributed by atoms with Crippen LogP contribution in [-0.2, 0) is 4.74 Å². The highest BCUT2D eigenvalue weighted by Crippen LogP contribution is 2.31. The van der Waals surface area contributed by atoms with Gasteiger partial charge in [0, 0.05) is 6.04 Å². The van der Waals surface area contributed by atoms with Crippen LogP contribution in [0.1, 0.15) is 49.3 Å². The molecular weight excluding hydrogens is 238 g/mol. The number of nitrogens with zero attached hydrogens (tertiary/aromatic N) is 3. The van der Waals surface area contributed by atoms with Gasteiger partial charge in [0.15, 0.2) is 0 Å². The summed E-state index contributed by atoms with van der Waals surface area (Å²) in [7, 11) is 0. The van der Waals surface area contributed by atoms with E-state index >= 15 is 0 Å². The molecule has 7 nitrogen and oxygen atoms in total. The maximum absolute atomic E-state index is 11.7. The number of nitro groups is 1. The fraction of sp³-hybridized carbons (Fsp3) is 0.636. The van der Waals surface area contributed by atoms with Gasteiger partial charge in [0.25, 0.3) is 0 Å². The number of aromatic nitrogens is 2. The molecule has 0 spiro atoms. The number of hydrogen-bond donors (Lipinski definition) is 0. The summed E-state index contributed by atoms with van der Waals surface area (Å²) in [5.74, 6) is -0.863. The Labute approximate surface area is 104 Å². The normalized spacial score (nSPS) is 15.8. The van der Waals surface area contributed by atoms with Crippen LogP contribution in [0.3, 0.4) is 0 Å². The molecule has 1 heterocycles. The van der Waals surface area contributed by atoms with Crippen LogP contribution in [0.25, 0.3) is 0 Å². The van der Waals surface area contributed by atoms with Crippen molar-refractivity contribution in [3.8, 4) is 0 Å². The zero-order chi connectivity index (χ0) is 13.1. The van der Waals surface area contributed by atoms with E-state index in [1.54, 1.807) is 11.5 Å². The molecule has 0 amide bonds. The van der Waals surface area contributed by atoms with Crippen molar-refractivity contribution in [3.05, 3.63) is 22.1 Å². The fourth-order valence-electron chi connectivity index (χ4n) is 2.28. The van der Waals surface area contributed by atoms with Crippen LogP contribution < -0.4 is 0 Å². The third-order valence-electron chi connectivity index (χ3n) is 3.08. The molecule has 0 N–H and O–H groups in total. The van der Waals surface area contributed by atoms with Crippen LogP contribution in [0.2, 0.25) is 0 Å². The minimum absolute atomic E-state index is 0.0375. The predicted molar refractivity (Wildman–Crippen MR) is 62.3 cm³/mol. The molecule has 0 radical (unpaired) electrons. The Hall–Kier alpha value is -1.92. The number of carbonyl (C=O) groups excluding carboxylic acids is 1. The molecule has 98 valence electrons. The molecule has 7 heteroatoms. The summed E-state index contributed by atoms with van der Waals surface area (Å²) in [5.41, 5.74) is 0. The van der Waals surface area contributed by atoms with Crippen molar-refractivity contribution in [1.82, 2.24) is 9.55 Å². The van der Waals surface area contributed by atoms with E-state index in [4.69, 9.17) is 4.74 Å². The van der Waals surface area contributed by atoms with Crippen LogP contribution in [0.15, 0.2) is 6.20 Å². The van der Waals surface area contributed by atoms with Crippen molar-refractivity contribution in [2.45, 2.75) is 38.6 Å². The fourth-order valence-corrected chi connectivity index (χ4v) is 2.28. The Bertz CT molecular complexity index is 463. The van der Waals surface area contributed by atoms with Gasteiger partial charge in [-0.05, 0) is 29.7 Å². The van der Waals surface area contributed by atoms with E-state index in [2.05, 4.69) is 4.98 Å². The van der Waals surface area contributed by atoms with E-state index in [1.165, 1.54) is 6.20 Å². The van der Waals surface area contributed by atoms with Crippen molar-refractivity contribution in [2.75, 3.05) is 6.61 Å². The number of ether oxygens (including phenoxy) is 1. The first-order chi connectivity index (χ1) is 8.63. The second kappa shape index (κ2) is 5.16. The van der Waals surface area contributed by atoms with Crippen molar-refractivity contribution in [3.63, 3.8) is 0 Å². The zero-order valence-corrected chi connectivity index (χ0v) is 10.2. The Morgan fingerprint density at radius 3 is 2.83 bits per heavy atom. The van der Waals surface area contributed by atoms with Crippen molar-refractivity contribution in [1.29, 1.82) is 0 Å². The van der Waals surface area contributed by atoms with E-state index in [0.29, 0.717) is 0 Å². The van der Waals surface area contributed by atoms with Gasteiger partial charge in [-0.2, -0.15) is 0 Å². The summed E-state index contributed by atoms with van der Waals surface area (Å²) in [6.45, 7) is 1.92. The van der Waals surface area contributed by atoms with E-state index < -0.39 is 10.9 Å². The lowest BCUT2D eigenvalue weighted by molar-refractivity contribution is -0.389. The average molecular weight is 253 g/mol. The van der Waals surface area contributed by atoms with Gasteiger partial charge >= 0.3 is 17.6 Å². The number of esters is 1. The Kier molecular flexibility index (Phi) is 3.59. The molecule has 0 aromatic carbocycles. The van der Waals surface area contributed by atoms with E-state index in [0.717, 1.165) is 25.7 Å². The van der Waals surface area contributed by atoms with Gasteiger partial charge in [-0.25, -0.2) is 4.79 Å². The molecule has 2 rings (SSSR count). The standard InChI is InChI=1S/C11H15N3O4/c1-2-18-11(15)10-12-9(14(16)17)7-13(10)8-5-3-4-6-8/h7-8H,2-6H2,1H3. The smallest absolute Gasteiger partial charge is 0.401 e. The largest absolute Gasteiger partial charge is 0.458 e. The summed E-state index contributed by atoms with van der Waals surface area (Å²) in [4.78, 5) is 25.6. The highest BCUT2D eigenvalue weighted by Gasteiger charge is 2.31. The highest BCUT2D eigenvalue weighted by molar-refractivity contribution is 5.86. The van der Waals surface area contributed by atoms with Gasteiger partial charge in [-0.1, -0.05) is 12.8 Å². The summed E-state index contributed by atoms with van der Waals surface area (Å²) >= 11 is 0. The minimum atomic E-state index is -0.600. The molecule has 1 aromatic rings. The van der Waals surface area contributed by atoms with Crippen molar-refractivity contribution >= 4 is 11.8 Å². The predicted octanol–water partition coefficient (Wildman–Crippen LogP) is 2.08. The topological polar surface area (TPSA) is 87.3 Å². The Morgan fingerprint density at radius 1 is 1.61 bits per heavy atom. The molecule has 0 bridgehead atoms. The van der Waals surface area contributed by atoms with E-state index in [-0.39, 0.29) is 24.3 Å². The summed E-state index contributed by atoms with van der Waals surface area (Å²) < 4.78 is 6.48. The lowest BCUT2D eigenvalue weighted by Gasteiger charge is -2.10. The maximum atomic E-state index is 11.7. The summed E-state index contributed by atoms with van der Waals surface area (Å²) in [5, 5.41) is 10.7. The number of carbonyl (C=O) groups is 1. The SMILES string of the molecule is CCOC(=O)c1nc([N+](=O)[O-])cn1C1CCCC1. The molecule has 1 aliphatic rings. The number of imidazole rings is 1. The second-order valence-electron chi connectivity index (χ2n) is 4.25. The van der Waals surface area contributed by atoms with E-state index in [9.17, 15) is 14.9 Å². The van der Waals surface area contributed by atoms with Crippen molar-refractivity contribution < 1.29 is 14.5 Å². The van der Waals surface area contributed by atoms with Crippen LogP contribution in [-0.4, -0.2) is 27.1 Å². The van der Waals surface area contributed by atoms with Gasteiger partial charge in [0.05, 0.1) is 6.61 Å². The van der Waals surface area contributed by atoms with Crippen LogP contribution in [0.4, 0.5) is 5.82 Å². The third-order valence-corrected chi connectivity index (χ3v) is 3.08. The molecule has 0 atom stereocenters. The zero-order valence-electron chi connectivity index (χ0n) is 10.2. The molecule has 1 aromatic heterocycles. The van der Waals surface area contributed by atoms with E-state index in [1.807, 2.05) is 0 Å². The lowest BCUT2D eigenvalue weighted by Crippen LogP contribution is -2.15. The van der Waals surface area contributed by atoms with Crippen LogP contribution in [0, 0.1) is 10.1 Å². The van der Waals surface area contributed by atoms with Gasteiger partial charge in [0.2, 0.25) is 0 Å². The Balaban J connectivity index is 2.35. The molecule has 0 unspecified atom stereocenters. The lowest BCUT2D eigenvalue weighted by atomic mass is 10.2. The minimum Gasteiger partial charge on any atom is -0.458 e. The molecular formula is C11H15N3O4. The maximum Gasteiger partial charge on any atom is 0.401 e.